The quantitative estimate of drug-likeness (QED) is 0.109. The molecule has 1 aliphatic carbocycles. The summed E-state index contributed by atoms with van der Waals surface area (Å²) in [6.07, 6.45) is 3.97. The standard InChI is InChI=1S/C65H76N4O8/c1-62(2,3)50-29-42-25-46-33-52(64(7,8)9)35-48-27-44-31-51(63(4,5)6)32-45(59(44)73)28-49-36-53(65(10,11)12)34-47(26-43(30-50)58(42)72)61(49)77-24-22-75-55-19-15-41(16-20-55)39-67-69-57(71)37-56(70)68-66-38-40-13-17-54(18-14-40)74-21-23-76-60(46)48/h13-20,29-36,38-39,72-73H,21-28,37H2,1-12H3,(H,68,70)(H,69,71)/b66-38-,67-39?. The molecule has 404 valence electrons. The maximum Gasteiger partial charge on any atom is 0.249 e. The van der Waals surface area contributed by atoms with Crippen LogP contribution in [0.25, 0.3) is 0 Å². The number of phenolic OH excluding ortho intramolecular Hbond substituents is 2. The van der Waals surface area contributed by atoms with Gasteiger partial charge in [-0.2, -0.15) is 10.2 Å². The zero-order valence-electron chi connectivity index (χ0n) is 47.0. The predicted octanol–water partition coefficient (Wildman–Crippen LogP) is 12.2. The van der Waals surface area contributed by atoms with E-state index in [0.29, 0.717) is 59.8 Å². The van der Waals surface area contributed by atoms with Gasteiger partial charge in [-0.05, 0) is 148 Å². The number of hydrogen-bond donors (Lipinski definition) is 4. The molecule has 4 heterocycles. The Morgan fingerprint density at radius 1 is 0.377 bits per heavy atom. The molecule has 0 saturated carbocycles. The molecule has 6 aromatic rings. The molecule has 12 nitrogen and oxygen atoms in total. The smallest absolute Gasteiger partial charge is 0.249 e. The second-order valence-electron chi connectivity index (χ2n) is 24.5. The van der Waals surface area contributed by atoms with Crippen molar-refractivity contribution < 1.29 is 38.7 Å². The van der Waals surface area contributed by atoms with E-state index in [1.165, 1.54) is 12.4 Å². The van der Waals surface area contributed by atoms with Crippen LogP contribution in [0.2, 0.25) is 0 Å². The van der Waals surface area contributed by atoms with Crippen LogP contribution >= 0.6 is 0 Å². The van der Waals surface area contributed by atoms with Crippen LogP contribution in [0.15, 0.2) is 107 Å². The number of phenols is 2. The van der Waals surface area contributed by atoms with Crippen molar-refractivity contribution in [1.29, 1.82) is 0 Å². The van der Waals surface area contributed by atoms with Gasteiger partial charge in [0.25, 0.3) is 0 Å². The van der Waals surface area contributed by atoms with Gasteiger partial charge >= 0.3 is 0 Å². The summed E-state index contributed by atoms with van der Waals surface area (Å²) in [5.74, 6) is 1.84. The lowest BCUT2D eigenvalue weighted by molar-refractivity contribution is -0.129. The highest BCUT2D eigenvalue weighted by atomic mass is 16.5. The maximum absolute atomic E-state index is 12.7. The Bertz CT molecular complexity index is 2890. The highest BCUT2D eigenvalue weighted by Crippen LogP contribution is 2.44. The number of carbonyl (C=O) groups excluding carboxylic acids is 2. The van der Waals surface area contributed by atoms with Crippen molar-refractivity contribution >= 4 is 24.2 Å². The van der Waals surface area contributed by atoms with Crippen molar-refractivity contribution in [2.75, 3.05) is 26.4 Å². The summed E-state index contributed by atoms with van der Waals surface area (Å²) in [5, 5.41) is 33.5. The van der Waals surface area contributed by atoms with Crippen LogP contribution in [0, 0.1) is 0 Å². The van der Waals surface area contributed by atoms with Crippen LogP contribution in [0.4, 0.5) is 0 Å². The highest BCUT2D eigenvalue weighted by molar-refractivity contribution is 5.97. The summed E-state index contributed by atoms with van der Waals surface area (Å²) in [5.41, 5.74) is 16.3. The minimum absolute atomic E-state index is 0.201. The molecule has 11 rings (SSSR count). The molecule has 14 bridgehead atoms. The Labute approximate surface area is 454 Å². The number of hydrogen-bond acceptors (Lipinski definition) is 10. The Morgan fingerprint density at radius 2 is 0.636 bits per heavy atom. The van der Waals surface area contributed by atoms with E-state index in [0.717, 1.165) is 66.8 Å². The Kier molecular flexibility index (Phi) is 16.3. The van der Waals surface area contributed by atoms with Gasteiger partial charge in [0.1, 0.15) is 67.3 Å². The van der Waals surface area contributed by atoms with E-state index >= 15 is 0 Å². The van der Waals surface area contributed by atoms with E-state index in [4.69, 9.17) is 18.9 Å². The average molecular weight is 1040 g/mol. The second-order valence-corrected chi connectivity index (χ2v) is 24.5. The molecule has 0 saturated heterocycles. The van der Waals surface area contributed by atoms with E-state index in [2.05, 4.69) is 153 Å². The Balaban J connectivity index is 1.32. The van der Waals surface area contributed by atoms with Gasteiger partial charge in [-0.1, -0.05) is 132 Å². The lowest BCUT2D eigenvalue weighted by Gasteiger charge is -2.28. The number of aromatic hydroxyl groups is 2. The molecule has 5 aliphatic rings. The van der Waals surface area contributed by atoms with Crippen molar-refractivity contribution in [2.45, 2.75) is 137 Å². The van der Waals surface area contributed by atoms with Crippen LogP contribution in [0.1, 0.15) is 167 Å². The summed E-state index contributed by atoms with van der Waals surface area (Å²) >= 11 is 0. The van der Waals surface area contributed by atoms with Gasteiger partial charge in [-0.3, -0.25) is 9.59 Å². The number of hydrazone groups is 2. The number of amides is 2. The van der Waals surface area contributed by atoms with Crippen LogP contribution in [0.5, 0.6) is 34.5 Å². The summed E-state index contributed by atoms with van der Waals surface area (Å²) < 4.78 is 26.3. The summed E-state index contributed by atoms with van der Waals surface area (Å²) in [7, 11) is 0. The number of carbonyl (C=O) groups is 2. The van der Waals surface area contributed by atoms with E-state index in [9.17, 15) is 19.8 Å². The lowest BCUT2D eigenvalue weighted by Crippen LogP contribution is -2.27. The number of benzene rings is 6. The molecule has 0 aromatic heterocycles. The van der Waals surface area contributed by atoms with E-state index in [1.807, 2.05) is 48.5 Å². The van der Waals surface area contributed by atoms with Gasteiger partial charge in [0, 0.05) is 25.7 Å². The first-order valence-corrected chi connectivity index (χ1v) is 26.7. The van der Waals surface area contributed by atoms with Crippen molar-refractivity contribution in [3.8, 4) is 34.5 Å². The van der Waals surface area contributed by atoms with Gasteiger partial charge < -0.3 is 29.2 Å². The third-order valence-corrected chi connectivity index (χ3v) is 14.1. The number of fused-ring (bicyclic) bond motifs is 2. The van der Waals surface area contributed by atoms with Crippen LogP contribution in [-0.4, -0.2) is 60.9 Å². The highest BCUT2D eigenvalue weighted by Gasteiger charge is 2.29. The fraction of sp³-hybridized carbons (Fsp3) is 0.385. The first-order chi connectivity index (χ1) is 36.3. The van der Waals surface area contributed by atoms with Crippen molar-refractivity contribution in [1.82, 2.24) is 10.9 Å². The Hall–Kier alpha value is -7.60. The zero-order valence-corrected chi connectivity index (χ0v) is 47.0. The average Bonchev–Trinajstić information content (AvgIpc) is 3.34. The third-order valence-electron chi connectivity index (χ3n) is 14.1. The second kappa shape index (κ2) is 22.5. The number of nitrogens with zero attached hydrogens (tertiary/aromatic N) is 2. The summed E-state index contributed by atoms with van der Waals surface area (Å²) in [4.78, 5) is 25.0. The van der Waals surface area contributed by atoms with Crippen LogP contribution in [0.3, 0.4) is 0 Å². The molecule has 6 aromatic carbocycles. The SMILES string of the molecule is CC(C)(C)c1cc2c(O)c(c1)Cc1cc(C(C)(C)C)cc3c1OCCOc1ccc(cc1)/C=N\NC(=O)CC(=O)NN=Cc1ccc(cc1)OCCOc1c(cc(C(C)(C)C)cc1Cc1cc(C(C)(C)C)cc(c1O)C3)C2. The van der Waals surface area contributed by atoms with Gasteiger partial charge in [0.2, 0.25) is 11.8 Å². The molecule has 77 heavy (non-hydrogen) atoms. The number of ether oxygens (including phenoxy) is 4. The topological polar surface area (TPSA) is 160 Å². The van der Waals surface area contributed by atoms with Gasteiger partial charge in [-0.15, -0.1) is 0 Å². The van der Waals surface area contributed by atoms with Gasteiger partial charge in [-0.25, -0.2) is 10.9 Å². The summed E-state index contributed by atoms with van der Waals surface area (Å²) in [6, 6.07) is 31.9. The fourth-order valence-corrected chi connectivity index (χ4v) is 9.51. The molecule has 2 amide bonds. The molecule has 0 unspecified atom stereocenters. The van der Waals surface area contributed by atoms with E-state index in [1.54, 1.807) is 0 Å². The van der Waals surface area contributed by atoms with E-state index < -0.39 is 18.2 Å². The zero-order chi connectivity index (χ0) is 55.5. The first kappa shape index (κ1) is 55.6. The molecule has 4 N–H and O–H groups in total. The summed E-state index contributed by atoms with van der Waals surface area (Å²) in [6.45, 7) is 27.3. The molecular weight excluding hydrogens is 965 g/mol. The first-order valence-electron chi connectivity index (χ1n) is 26.7. The van der Waals surface area contributed by atoms with Crippen molar-refractivity contribution in [3.63, 3.8) is 0 Å². The molecule has 12 heteroatoms. The normalized spacial score (nSPS) is 15.6. The van der Waals surface area contributed by atoms with Gasteiger partial charge in [0.05, 0.1) is 12.4 Å². The molecule has 0 atom stereocenters. The Morgan fingerprint density at radius 3 is 0.909 bits per heavy atom. The lowest BCUT2D eigenvalue weighted by atomic mass is 9.79. The molecule has 0 fully saturated rings. The van der Waals surface area contributed by atoms with Crippen LogP contribution in [-0.2, 0) is 56.9 Å². The monoisotopic (exact) mass is 1040 g/mol. The molecule has 4 aliphatic heterocycles. The third kappa shape index (κ3) is 14.1. The van der Waals surface area contributed by atoms with Crippen molar-refractivity contribution in [2.24, 2.45) is 10.2 Å². The largest absolute Gasteiger partial charge is 0.507 e. The minimum Gasteiger partial charge on any atom is -0.507 e. The number of nitrogens with one attached hydrogen (secondary N) is 2. The fourth-order valence-electron chi connectivity index (χ4n) is 9.51. The minimum atomic E-state index is -0.595. The van der Waals surface area contributed by atoms with Crippen LogP contribution < -0.4 is 29.8 Å². The van der Waals surface area contributed by atoms with E-state index in [-0.39, 0.29) is 59.6 Å². The molecule has 0 spiro atoms. The molecule has 0 radical (unpaired) electrons. The predicted molar refractivity (Wildman–Crippen MR) is 306 cm³/mol. The maximum atomic E-state index is 12.7. The van der Waals surface area contributed by atoms with Crippen molar-refractivity contribution in [3.05, 3.63) is 175 Å². The molecular formula is C65H76N4O8. The van der Waals surface area contributed by atoms with Gasteiger partial charge in [0.15, 0.2) is 0 Å². The number of rotatable bonds is 0.